The summed E-state index contributed by atoms with van der Waals surface area (Å²) in [6.07, 6.45) is 0. The molecule has 0 heterocycles. The number of nitrogens with two attached hydrogens (primary N) is 1. The molecule has 0 aliphatic carbocycles. The van der Waals surface area contributed by atoms with Gasteiger partial charge in [-0.05, 0) is 6.92 Å². The van der Waals surface area contributed by atoms with Gasteiger partial charge in [0.1, 0.15) is 0 Å². The Balaban J connectivity index is 0. The average Bonchev–Trinajstić information content (AvgIpc) is 1.65. The molecule has 0 aliphatic heterocycles. The molecule has 0 bridgehead atoms. The largest absolute Gasteiger partial charge is 0.321 e. The van der Waals surface area contributed by atoms with Crippen molar-refractivity contribution in [2.24, 2.45) is 5.90 Å². The maximum Gasteiger partial charge on any atom is 0.282 e. The Morgan fingerprint density at radius 2 is 1.88 bits per heavy atom. The van der Waals surface area contributed by atoms with E-state index in [9.17, 15) is 0 Å². The number of hydrogen-bond acceptors (Lipinski definition) is 5. The van der Waals surface area contributed by atoms with Crippen molar-refractivity contribution < 1.29 is 29.6 Å². The summed E-state index contributed by atoms with van der Waals surface area (Å²) in [6.45, 7) is 2.43. The zero-order valence-electron chi connectivity index (χ0n) is 4.33. The van der Waals surface area contributed by atoms with Gasteiger partial charge in [-0.1, -0.05) is 0 Å². The van der Waals surface area contributed by atoms with Gasteiger partial charge in [0, 0.05) is 4.66 Å². The van der Waals surface area contributed by atoms with E-state index in [4.69, 9.17) is 14.0 Å². The first-order valence-electron chi connectivity index (χ1n) is 1.71. The van der Waals surface area contributed by atoms with Crippen LogP contribution in [0.1, 0.15) is 6.92 Å². The summed E-state index contributed by atoms with van der Waals surface area (Å²) in [7, 11) is -2.60. The zero-order chi connectivity index (χ0) is 6.99. The Hall–Kier alpha value is 0.0900. The summed E-state index contributed by atoms with van der Waals surface area (Å²) in [5, 5.41) is 0. The molecule has 6 heteroatoms. The minimum atomic E-state index is -2.60. The van der Waals surface area contributed by atoms with Crippen molar-refractivity contribution in [1.29, 1.82) is 0 Å². The third kappa shape index (κ3) is 133. The normalized spacial score (nSPS) is 8.25. The molecule has 0 aromatic rings. The van der Waals surface area contributed by atoms with Gasteiger partial charge in [-0.15, -0.1) is 0 Å². The number of rotatable bonds is 1. The maximum absolute atomic E-state index is 8.52. The molecule has 5 nitrogen and oxygen atoms in total. The minimum absolute atomic E-state index is 0.597. The Labute approximate surface area is 50.0 Å². The molecule has 8 heavy (non-hydrogen) atoms. The third-order valence-electron chi connectivity index (χ3n) is 0.167. The third-order valence-corrected chi connectivity index (χ3v) is 0.167. The van der Waals surface area contributed by atoms with E-state index in [1.54, 1.807) is 0 Å². The van der Waals surface area contributed by atoms with Gasteiger partial charge in [-0.2, -0.15) is 0 Å². The first-order valence-corrected chi connectivity index (χ1v) is 2.66. The Morgan fingerprint density at radius 1 is 1.75 bits per heavy atom. The van der Waals surface area contributed by atoms with Crippen molar-refractivity contribution in [3.63, 3.8) is 0 Å². The molecule has 0 aliphatic rings. The van der Waals surface area contributed by atoms with Crippen LogP contribution in [-0.4, -0.2) is 11.3 Å². The SMILES string of the molecule is CCON.[O-][Cl+2]([O-])O. The molecule has 3 N–H and O–H groups in total. The van der Waals surface area contributed by atoms with E-state index in [0.717, 1.165) is 0 Å². The number of halogens is 1. The van der Waals surface area contributed by atoms with Crippen molar-refractivity contribution in [2.45, 2.75) is 6.92 Å². The molecule has 0 amide bonds. The lowest BCUT2D eigenvalue weighted by molar-refractivity contribution is -1.63. The molecule has 0 fully saturated rings. The highest BCUT2D eigenvalue weighted by Gasteiger charge is 1.79. The summed E-state index contributed by atoms with van der Waals surface area (Å²) in [6, 6.07) is 0. The quantitative estimate of drug-likeness (QED) is 0.382. The van der Waals surface area contributed by atoms with Crippen LogP contribution in [0, 0.1) is 10.8 Å². The summed E-state index contributed by atoms with van der Waals surface area (Å²) in [5.74, 6) is 4.53. The van der Waals surface area contributed by atoms with E-state index >= 15 is 0 Å². The Bertz CT molecular complexity index is 30.5. The molecule has 0 aromatic carbocycles. The fourth-order valence-electron chi connectivity index (χ4n) is 0. The second-order valence-electron chi connectivity index (χ2n) is 0.656. The van der Waals surface area contributed by atoms with Crippen LogP contribution in [0.25, 0.3) is 0 Å². The van der Waals surface area contributed by atoms with Crippen molar-refractivity contribution >= 4 is 0 Å². The highest BCUT2D eigenvalue weighted by atomic mass is 35.6. The smallest absolute Gasteiger partial charge is 0.282 e. The second-order valence-corrected chi connectivity index (χ2v) is 1.06. The molecule has 0 saturated heterocycles. The van der Waals surface area contributed by atoms with Crippen LogP contribution in [0.15, 0.2) is 0 Å². The van der Waals surface area contributed by atoms with Gasteiger partial charge in [-0.3, -0.25) is 0 Å². The first kappa shape index (κ1) is 11.0. The topological polar surface area (TPSA) is 102 Å². The van der Waals surface area contributed by atoms with Crippen molar-refractivity contribution in [3.8, 4) is 0 Å². The summed E-state index contributed by atoms with van der Waals surface area (Å²) in [5.41, 5.74) is 0. The van der Waals surface area contributed by atoms with Crippen molar-refractivity contribution in [1.82, 2.24) is 0 Å². The lowest BCUT2D eigenvalue weighted by Gasteiger charge is -1.76. The molecular formula is C2H8ClNO4. The Morgan fingerprint density at radius 3 is 1.88 bits per heavy atom. The van der Waals surface area contributed by atoms with Crippen LogP contribution in [0.4, 0.5) is 0 Å². The van der Waals surface area contributed by atoms with E-state index in [1.165, 1.54) is 0 Å². The van der Waals surface area contributed by atoms with Gasteiger partial charge < -0.3 is 14.2 Å². The van der Waals surface area contributed by atoms with Gasteiger partial charge in [-0.25, -0.2) is 5.90 Å². The van der Waals surface area contributed by atoms with E-state index in [2.05, 4.69) is 10.7 Å². The predicted octanol–water partition coefficient (Wildman–Crippen LogP) is -3.04. The number of hydrogen-bond donors (Lipinski definition) is 2. The van der Waals surface area contributed by atoms with Crippen LogP contribution in [0.3, 0.4) is 0 Å². The van der Waals surface area contributed by atoms with Crippen LogP contribution in [-0.2, 0) is 4.84 Å². The first-order chi connectivity index (χ1) is 3.65. The average molecular weight is 146 g/mol. The van der Waals surface area contributed by atoms with Crippen LogP contribution in [0.5, 0.6) is 0 Å². The molecule has 0 spiro atoms. The predicted molar refractivity (Wildman–Crippen MR) is 18.0 cm³/mol. The molecular weight excluding hydrogens is 137 g/mol. The molecule has 0 atom stereocenters. The van der Waals surface area contributed by atoms with E-state index in [0.29, 0.717) is 6.61 Å². The van der Waals surface area contributed by atoms with Gasteiger partial charge in [0.15, 0.2) is 0 Å². The summed E-state index contributed by atoms with van der Waals surface area (Å²) in [4.78, 5) is 4.04. The van der Waals surface area contributed by atoms with Crippen LogP contribution < -0.4 is 15.2 Å². The summed E-state index contributed by atoms with van der Waals surface area (Å²) >= 11 is 0. The standard InChI is InChI=1S/C2H7NO.ClHO3/c1-2-4-3;2-1(3)4/h2-3H2,1H3;2H. The van der Waals surface area contributed by atoms with E-state index < -0.39 is 10.8 Å². The molecule has 52 valence electrons. The van der Waals surface area contributed by atoms with Crippen LogP contribution >= 0.6 is 0 Å². The lowest BCUT2D eigenvalue weighted by atomic mass is 10.9. The van der Waals surface area contributed by atoms with E-state index in [-0.39, 0.29) is 0 Å². The minimum Gasteiger partial charge on any atom is -0.321 e. The van der Waals surface area contributed by atoms with Gasteiger partial charge in [0.25, 0.3) is 10.8 Å². The molecule has 0 radical (unpaired) electrons. The second kappa shape index (κ2) is 10.1. The van der Waals surface area contributed by atoms with Crippen molar-refractivity contribution in [3.05, 3.63) is 0 Å². The van der Waals surface area contributed by atoms with Crippen molar-refractivity contribution in [2.75, 3.05) is 6.61 Å². The fraction of sp³-hybridized carbons (Fsp3) is 1.00. The van der Waals surface area contributed by atoms with Gasteiger partial charge in [0.05, 0.1) is 6.61 Å². The van der Waals surface area contributed by atoms with Gasteiger partial charge >= 0.3 is 0 Å². The highest BCUT2D eigenvalue weighted by molar-refractivity contribution is 3.91. The molecule has 0 rings (SSSR count). The lowest BCUT2D eigenvalue weighted by Crippen LogP contribution is -2.30. The van der Waals surface area contributed by atoms with Gasteiger partial charge in [0.2, 0.25) is 0 Å². The Kier molecular flexibility index (Phi) is 13.9. The summed E-state index contributed by atoms with van der Waals surface area (Å²) < 4.78 is 24.0. The molecule has 0 aromatic heterocycles. The monoisotopic (exact) mass is 145 g/mol. The molecule has 0 unspecified atom stereocenters. The van der Waals surface area contributed by atoms with E-state index in [1.807, 2.05) is 6.92 Å². The highest BCUT2D eigenvalue weighted by Crippen LogP contribution is 1.46. The fourth-order valence-corrected chi connectivity index (χ4v) is 0. The zero-order valence-corrected chi connectivity index (χ0v) is 5.09. The maximum atomic E-state index is 8.52. The molecule has 0 saturated carbocycles. The van der Waals surface area contributed by atoms with Crippen LogP contribution in [0.2, 0.25) is 0 Å².